The first-order valence-electron chi connectivity index (χ1n) is 6.02. The topological polar surface area (TPSA) is 68.0 Å². The third-order valence-corrected chi connectivity index (χ3v) is 4.61. The van der Waals surface area contributed by atoms with Gasteiger partial charge in [-0.05, 0) is 19.8 Å². The number of hydrogen-bond acceptors (Lipinski definition) is 4. The number of nitrogens with zero attached hydrogens (tertiary/aromatic N) is 1. The Kier molecular flexibility index (Phi) is 3.49. The molecular weight excluding hydrogens is 234 g/mol. The van der Waals surface area contributed by atoms with Gasteiger partial charge in [-0.25, -0.2) is 4.98 Å². The minimum Gasteiger partial charge on any atom is -0.347 e. The highest BCUT2D eigenvalue weighted by Crippen LogP contribution is 2.25. The van der Waals surface area contributed by atoms with E-state index in [-0.39, 0.29) is 18.0 Å². The lowest BCUT2D eigenvalue weighted by atomic mass is 9.87. The lowest BCUT2D eigenvalue weighted by Crippen LogP contribution is -2.54. The zero-order chi connectivity index (χ0) is 12.6. The summed E-state index contributed by atoms with van der Waals surface area (Å²) in [6.07, 6.45) is 1.99. The van der Waals surface area contributed by atoms with Crippen LogP contribution in [0.1, 0.15) is 53.0 Å². The molecule has 1 saturated carbocycles. The summed E-state index contributed by atoms with van der Waals surface area (Å²) in [5, 5.41) is 4.00. The molecule has 2 atom stereocenters. The van der Waals surface area contributed by atoms with Crippen molar-refractivity contribution in [3.63, 3.8) is 0 Å². The van der Waals surface area contributed by atoms with Crippen molar-refractivity contribution in [3.05, 3.63) is 15.6 Å². The van der Waals surface area contributed by atoms with Gasteiger partial charge in [-0.15, -0.1) is 11.3 Å². The normalized spacial score (nSPS) is 23.6. The van der Waals surface area contributed by atoms with Gasteiger partial charge in [0, 0.05) is 18.0 Å². The quantitative estimate of drug-likeness (QED) is 0.863. The highest BCUT2D eigenvalue weighted by molar-refractivity contribution is 7.13. The minimum atomic E-state index is -0.0212. The molecule has 1 amide bonds. The smallest absolute Gasteiger partial charge is 0.263 e. The number of amides is 1. The number of nitrogens with two attached hydrogens (primary N) is 1. The summed E-state index contributed by atoms with van der Waals surface area (Å²) in [5.74, 6) is 0.346. The minimum absolute atomic E-state index is 0.0212. The Morgan fingerprint density at radius 2 is 2.24 bits per heavy atom. The first-order chi connectivity index (χ1) is 7.99. The van der Waals surface area contributed by atoms with Gasteiger partial charge in [0.15, 0.2) is 0 Å². The maximum Gasteiger partial charge on any atom is 0.263 e. The van der Waals surface area contributed by atoms with E-state index >= 15 is 0 Å². The highest BCUT2D eigenvalue weighted by Gasteiger charge is 2.30. The molecule has 4 nitrogen and oxygen atoms in total. The molecule has 1 aliphatic rings. The number of nitrogens with one attached hydrogen (secondary N) is 1. The molecule has 0 unspecified atom stereocenters. The molecule has 2 rings (SSSR count). The zero-order valence-electron chi connectivity index (χ0n) is 10.5. The maximum atomic E-state index is 12.1. The molecular formula is C12H19N3OS. The van der Waals surface area contributed by atoms with Crippen LogP contribution in [0.3, 0.4) is 0 Å². The Morgan fingerprint density at radius 3 is 2.65 bits per heavy atom. The average molecular weight is 253 g/mol. The van der Waals surface area contributed by atoms with Crippen molar-refractivity contribution >= 4 is 17.2 Å². The second kappa shape index (κ2) is 4.74. The molecule has 5 heteroatoms. The van der Waals surface area contributed by atoms with Gasteiger partial charge >= 0.3 is 0 Å². The second-order valence-corrected chi connectivity index (χ2v) is 5.97. The fraction of sp³-hybridized carbons (Fsp3) is 0.667. The first-order valence-corrected chi connectivity index (χ1v) is 6.84. The van der Waals surface area contributed by atoms with Gasteiger partial charge in [0.1, 0.15) is 4.88 Å². The number of carbonyl (C=O) groups excluding carboxylic acids is 1. The summed E-state index contributed by atoms with van der Waals surface area (Å²) in [6.45, 7) is 6.06. The Labute approximate surface area is 106 Å². The predicted octanol–water partition coefficient (Wildman–Crippen LogP) is 1.79. The monoisotopic (exact) mass is 253 g/mol. The van der Waals surface area contributed by atoms with E-state index in [1.807, 2.05) is 6.92 Å². The van der Waals surface area contributed by atoms with Gasteiger partial charge in [0.2, 0.25) is 0 Å². The Morgan fingerprint density at radius 1 is 1.53 bits per heavy atom. The van der Waals surface area contributed by atoms with E-state index in [1.165, 1.54) is 11.3 Å². The van der Waals surface area contributed by atoms with Gasteiger partial charge in [-0.2, -0.15) is 0 Å². The Balaban J connectivity index is 2.08. The van der Waals surface area contributed by atoms with Gasteiger partial charge in [0.05, 0.1) is 10.7 Å². The molecule has 0 spiro atoms. The van der Waals surface area contributed by atoms with Crippen LogP contribution in [-0.2, 0) is 0 Å². The lowest BCUT2D eigenvalue weighted by molar-refractivity contribution is 0.0909. The zero-order valence-corrected chi connectivity index (χ0v) is 11.3. The van der Waals surface area contributed by atoms with Crippen LogP contribution in [0.15, 0.2) is 0 Å². The van der Waals surface area contributed by atoms with E-state index in [0.29, 0.717) is 5.92 Å². The summed E-state index contributed by atoms with van der Waals surface area (Å²) < 4.78 is 0. The van der Waals surface area contributed by atoms with Crippen molar-refractivity contribution in [2.24, 2.45) is 5.73 Å². The summed E-state index contributed by atoms with van der Waals surface area (Å²) in [7, 11) is 0. The highest BCUT2D eigenvalue weighted by atomic mass is 32.1. The Bertz CT molecular complexity index is 427. The van der Waals surface area contributed by atoms with Crippen LogP contribution in [0.5, 0.6) is 0 Å². The molecule has 0 saturated heterocycles. The molecule has 1 fully saturated rings. The standard InChI is InChI=1S/C12H19N3OS/c1-6(2)12-14-7(3)10(17-12)11(16)15-9-5-4-8(9)13/h6,8-9H,4-5,13H2,1-3H3,(H,15,16)/t8-,9+/m1/s1. The van der Waals surface area contributed by atoms with Crippen molar-refractivity contribution in [1.29, 1.82) is 0 Å². The summed E-state index contributed by atoms with van der Waals surface area (Å²) in [4.78, 5) is 17.2. The van der Waals surface area contributed by atoms with Crippen LogP contribution >= 0.6 is 11.3 Å². The molecule has 0 aromatic carbocycles. The van der Waals surface area contributed by atoms with Gasteiger partial charge in [0.25, 0.3) is 5.91 Å². The number of aryl methyl sites for hydroxylation is 1. The molecule has 1 aromatic rings. The molecule has 1 aliphatic carbocycles. The van der Waals surface area contributed by atoms with Crippen molar-refractivity contribution in [2.45, 2.75) is 51.6 Å². The molecule has 0 radical (unpaired) electrons. The molecule has 0 bridgehead atoms. The summed E-state index contributed by atoms with van der Waals surface area (Å²) in [6, 6.07) is 0.267. The van der Waals surface area contributed by atoms with Crippen LogP contribution in [0.4, 0.5) is 0 Å². The third kappa shape index (κ3) is 2.50. The lowest BCUT2D eigenvalue weighted by Gasteiger charge is -2.33. The molecule has 94 valence electrons. The van der Waals surface area contributed by atoms with Gasteiger partial charge in [-0.3, -0.25) is 4.79 Å². The third-order valence-electron chi connectivity index (χ3n) is 3.16. The molecule has 0 aliphatic heterocycles. The van der Waals surface area contributed by atoms with E-state index in [0.717, 1.165) is 28.4 Å². The van der Waals surface area contributed by atoms with Gasteiger partial charge < -0.3 is 11.1 Å². The largest absolute Gasteiger partial charge is 0.347 e. The fourth-order valence-corrected chi connectivity index (χ4v) is 2.79. The molecule has 17 heavy (non-hydrogen) atoms. The van der Waals surface area contributed by atoms with E-state index in [1.54, 1.807) is 0 Å². The summed E-state index contributed by atoms with van der Waals surface area (Å²) >= 11 is 1.49. The van der Waals surface area contributed by atoms with Crippen LogP contribution in [0, 0.1) is 6.92 Å². The van der Waals surface area contributed by atoms with E-state index in [2.05, 4.69) is 24.1 Å². The number of hydrogen-bond donors (Lipinski definition) is 2. The van der Waals surface area contributed by atoms with E-state index < -0.39 is 0 Å². The second-order valence-electron chi connectivity index (χ2n) is 4.94. The number of rotatable bonds is 3. The van der Waals surface area contributed by atoms with Crippen LogP contribution < -0.4 is 11.1 Å². The van der Waals surface area contributed by atoms with Crippen molar-refractivity contribution in [2.75, 3.05) is 0 Å². The predicted molar refractivity (Wildman–Crippen MR) is 69.4 cm³/mol. The fourth-order valence-electron chi connectivity index (χ4n) is 1.81. The van der Waals surface area contributed by atoms with E-state index in [9.17, 15) is 4.79 Å². The number of thiazole rings is 1. The first kappa shape index (κ1) is 12.5. The molecule has 3 N–H and O–H groups in total. The van der Waals surface area contributed by atoms with Crippen molar-refractivity contribution < 1.29 is 4.79 Å². The van der Waals surface area contributed by atoms with Crippen LogP contribution in [-0.4, -0.2) is 23.0 Å². The Hall–Kier alpha value is -0.940. The molecule has 1 heterocycles. The number of aromatic nitrogens is 1. The van der Waals surface area contributed by atoms with Gasteiger partial charge in [-0.1, -0.05) is 13.8 Å². The van der Waals surface area contributed by atoms with Crippen molar-refractivity contribution in [3.8, 4) is 0 Å². The van der Waals surface area contributed by atoms with Crippen LogP contribution in [0.25, 0.3) is 0 Å². The summed E-state index contributed by atoms with van der Waals surface area (Å²) in [5.41, 5.74) is 6.64. The SMILES string of the molecule is Cc1nc(C(C)C)sc1C(=O)N[C@H]1CC[C@H]1N. The van der Waals surface area contributed by atoms with Crippen molar-refractivity contribution in [1.82, 2.24) is 10.3 Å². The number of carbonyl (C=O) groups is 1. The maximum absolute atomic E-state index is 12.1. The average Bonchev–Trinajstić information content (AvgIpc) is 2.66. The van der Waals surface area contributed by atoms with E-state index in [4.69, 9.17) is 5.73 Å². The van der Waals surface area contributed by atoms with Crippen LogP contribution in [0.2, 0.25) is 0 Å². The molecule has 1 aromatic heterocycles.